The molecular weight excluding hydrogens is 204 g/mol. The molecule has 0 bridgehead atoms. The number of hydrogen-bond acceptors (Lipinski definition) is 3. The Bertz CT molecular complexity index is 419. The zero-order valence-corrected chi connectivity index (χ0v) is 8.15. The lowest BCUT2D eigenvalue weighted by Gasteiger charge is -2.08. The van der Waals surface area contributed by atoms with Gasteiger partial charge in [-0.1, -0.05) is 22.8 Å². The third-order valence-electron chi connectivity index (χ3n) is 2.32. The highest BCUT2D eigenvalue weighted by Crippen LogP contribution is 2.38. The van der Waals surface area contributed by atoms with Gasteiger partial charge in [-0.05, 0) is 12.1 Å². The molecule has 1 aliphatic heterocycles. The van der Waals surface area contributed by atoms with Crippen LogP contribution in [0.2, 0.25) is 5.02 Å². The number of carbonyl (C=O) groups is 1. The van der Waals surface area contributed by atoms with E-state index in [1.165, 1.54) is 4.90 Å². The van der Waals surface area contributed by atoms with Gasteiger partial charge in [0.05, 0.1) is 5.69 Å². The Hall–Kier alpha value is -1.42. The predicted octanol–water partition coefficient (Wildman–Crippen LogP) is 2.12. The van der Waals surface area contributed by atoms with E-state index in [9.17, 15) is 9.70 Å². The van der Waals surface area contributed by atoms with Crippen LogP contribution in [0.5, 0.6) is 0 Å². The molecule has 1 amide bonds. The fourth-order valence-electron chi connectivity index (χ4n) is 1.58. The van der Waals surface area contributed by atoms with Crippen LogP contribution in [0.25, 0.3) is 0 Å². The van der Waals surface area contributed by atoms with Crippen molar-refractivity contribution in [2.75, 3.05) is 11.9 Å². The van der Waals surface area contributed by atoms with Crippen LogP contribution in [-0.4, -0.2) is 13.0 Å². The number of halogens is 1. The fourth-order valence-corrected chi connectivity index (χ4v) is 1.74. The number of rotatable bonds is 1. The van der Waals surface area contributed by atoms with Crippen LogP contribution >= 0.6 is 11.6 Å². The number of likely N-dealkylation sites (N-methyl/N-ethyl adjacent to an activating group) is 1. The van der Waals surface area contributed by atoms with Crippen LogP contribution in [0, 0.1) is 4.91 Å². The molecule has 0 fully saturated rings. The summed E-state index contributed by atoms with van der Waals surface area (Å²) < 4.78 is 0. The van der Waals surface area contributed by atoms with E-state index in [-0.39, 0.29) is 5.91 Å². The highest BCUT2D eigenvalue weighted by atomic mass is 35.5. The van der Waals surface area contributed by atoms with Gasteiger partial charge >= 0.3 is 0 Å². The van der Waals surface area contributed by atoms with Crippen LogP contribution in [-0.2, 0) is 4.79 Å². The summed E-state index contributed by atoms with van der Waals surface area (Å²) in [6.45, 7) is 0. The average Bonchev–Trinajstić information content (AvgIpc) is 2.41. The van der Waals surface area contributed by atoms with E-state index in [4.69, 9.17) is 11.6 Å². The number of carbonyl (C=O) groups excluding carboxylic acids is 1. The SMILES string of the molecule is CN1C(=O)C(N=O)c2ccc(Cl)cc21. The molecule has 1 atom stereocenters. The van der Waals surface area contributed by atoms with Crippen LogP contribution in [0.15, 0.2) is 23.4 Å². The second-order valence-electron chi connectivity index (χ2n) is 3.11. The topological polar surface area (TPSA) is 49.7 Å². The molecule has 0 aliphatic carbocycles. The summed E-state index contributed by atoms with van der Waals surface area (Å²) >= 11 is 5.78. The minimum absolute atomic E-state index is 0.308. The summed E-state index contributed by atoms with van der Waals surface area (Å²) in [6, 6.07) is 4.04. The Morgan fingerprint density at radius 1 is 1.50 bits per heavy atom. The van der Waals surface area contributed by atoms with Crippen LogP contribution in [0.4, 0.5) is 5.69 Å². The van der Waals surface area contributed by atoms with E-state index >= 15 is 0 Å². The first-order valence-electron chi connectivity index (χ1n) is 4.04. The molecule has 1 heterocycles. The van der Waals surface area contributed by atoms with Crippen molar-refractivity contribution in [1.82, 2.24) is 0 Å². The minimum Gasteiger partial charge on any atom is -0.313 e. The number of fused-ring (bicyclic) bond motifs is 1. The third kappa shape index (κ3) is 1.11. The molecule has 1 aliphatic rings. The number of hydrogen-bond donors (Lipinski definition) is 0. The quantitative estimate of drug-likeness (QED) is 0.667. The Labute approximate surface area is 85.4 Å². The van der Waals surface area contributed by atoms with Crippen molar-refractivity contribution in [2.45, 2.75) is 6.04 Å². The molecule has 0 saturated carbocycles. The van der Waals surface area contributed by atoms with Gasteiger partial charge in [0.25, 0.3) is 5.91 Å². The van der Waals surface area contributed by atoms with Gasteiger partial charge in [-0.3, -0.25) is 4.79 Å². The van der Waals surface area contributed by atoms with Gasteiger partial charge in [0.15, 0.2) is 6.04 Å². The Balaban J connectivity index is 2.61. The van der Waals surface area contributed by atoms with Crippen LogP contribution < -0.4 is 4.90 Å². The second-order valence-corrected chi connectivity index (χ2v) is 3.54. The first kappa shape index (κ1) is 9.15. The van der Waals surface area contributed by atoms with Crippen molar-refractivity contribution in [3.63, 3.8) is 0 Å². The standard InChI is InChI=1S/C9H7ClN2O2/c1-12-7-4-5(10)2-3-6(7)8(11-14)9(12)13/h2-4,8H,1H3. The second kappa shape index (κ2) is 3.06. The largest absolute Gasteiger partial charge is 0.313 e. The molecule has 0 radical (unpaired) electrons. The summed E-state index contributed by atoms with van der Waals surface area (Å²) in [5, 5.41) is 3.34. The first-order chi connectivity index (χ1) is 6.65. The maximum atomic E-state index is 11.5. The Morgan fingerprint density at radius 3 is 2.86 bits per heavy atom. The molecule has 1 aromatic rings. The number of anilines is 1. The summed E-state index contributed by atoms with van der Waals surface area (Å²) in [7, 11) is 1.60. The van der Waals surface area contributed by atoms with Crippen LogP contribution in [0.3, 0.4) is 0 Å². The van der Waals surface area contributed by atoms with E-state index in [0.29, 0.717) is 16.3 Å². The maximum absolute atomic E-state index is 11.5. The first-order valence-corrected chi connectivity index (χ1v) is 4.42. The molecule has 14 heavy (non-hydrogen) atoms. The van der Waals surface area contributed by atoms with Crippen molar-refractivity contribution in [3.05, 3.63) is 33.7 Å². The highest BCUT2D eigenvalue weighted by molar-refractivity contribution is 6.31. The van der Waals surface area contributed by atoms with Crippen molar-refractivity contribution < 1.29 is 4.79 Å². The predicted molar refractivity (Wildman–Crippen MR) is 53.4 cm³/mol. The van der Waals surface area contributed by atoms with Gasteiger partial charge in [0.2, 0.25) is 0 Å². The van der Waals surface area contributed by atoms with Gasteiger partial charge in [-0.25, -0.2) is 0 Å². The van der Waals surface area contributed by atoms with Gasteiger partial charge in [0, 0.05) is 17.6 Å². The molecule has 0 saturated heterocycles. The maximum Gasteiger partial charge on any atom is 0.259 e. The fraction of sp³-hybridized carbons (Fsp3) is 0.222. The normalized spacial score (nSPS) is 19.7. The molecule has 0 aromatic heterocycles. The molecule has 2 rings (SSSR count). The van der Waals surface area contributed by atoms with E-state index < -0.39 is 6.04 Å². The van der Waals surface area contributed by atoms with Crippen molar-refractivity contribution in [1.29, 1.82) is 0 Å². The summed E-state index contributed by atoms with van der Waals surface area (Å²) in [5.41, 5.74) is 1.28. The smallest absolute Gasteiger partial charge is 0.259 e. The van der Waals surface area contributed by atoms with Crippen molar-refractivity contribution in [2.24, 2.45) is 5.18 Å². The summed E-state index contributed by atoms with van der Waals surface area (Å²) in [4.78, 5) is 23.4. The molecule has 1 aromatic carbocycles. The number of nitrogens with zero attached hydrogens (tertiary/aromatic N) is 2. The zero-order valence-electron chi connectivity index (χ0n) is 7.40. The summed E-state index contributed by atoms with van der Waals surface area (Å²) in [6.07, 6.45) is 0. The Kier molecular flexibility index (Phi) is 2.00. The van der Waals surface area contributed by atoms with Gasteiger partial charge in [0.1, 0.15) is 0 Å². The monoisotopic (exact) mass is 210 g/mol. The van der Waals surface area contributed by atoms with E-state index in [1.807, 2.05) is 0 Å². The number of amides is 1. The molecule has 0 N–H and O–H groups in total. The molecule has 0 spiro atoms. The average molecular weight is 211 g/mol. The van der Waals surface area contributed by atoms with Crippen LogP contribution in [0.1, 0.15) is 11.6 Å². The number of benzene rings is 1. The molecule has 1 unspecified atom stereocenters. The number of nitroso groups, excluding NO2 is 1. The van der Waals surface area contributed by atoms with Crippen molar-refractivity contribution in [3.8, 4) is 0 Å². The van der Waals surface area contributed by atoms with E-state index in [2.05, 4.69) is 5.18 Å². The minimum atomic E-state index is -0.910. The molecule has 72 valence electrons. The lowest BCUT2D eigenvalue weighted by molar-refractivity contribution is -0.118. The molecule has 5 heteroatoms. The van der Waals surface area contributed by atoms with E-state index in [0.717, 1.165) is 0 Å². The van der Waals surface area contributed by atoms with Gasteiger partial charge < -0.3 is 4.90 Å². The molecule has 4 nitrogen and oxygen atoms in total. The zero-order chi connectivity index (χ0) is 10.3. The van der Waals surface area contributed by atoms with Gasteiger partial charge in [-0.2, -0.15) is 0 Å². The lowest BCUT2D eigenvalue weighted by atomic mass is 10.1. The van der Waals surface area contributed by atoms with E-state index in [1.54, 1.807) is 25.2 Å². The third-order valence-corrected chi connectivity index (χ3v) is 2.55. The van der Waals surface area contributed by atoms with Crippen molar-refractivity contribution >= 4 is 23.2 Å². The highest BCUT2D eigenvalue weighted by Gasteiger charge is 2.36. The lowest BCUT2D eigenvalue weighted by Crippen LogP contribution is -2.22. The summed E-state index contributed by atoms with van der Waals surface area (Å²) in [5.74, 6) is -0.308. The Morgan fingerprint density at radius 2 is 2.21 bits per heavy atom. The van der Waals surface area contributed by atoms with Gasteiger partial charge in [-0.15, -0.1) is 4.91 Å². The molecular formula is C9H7ClN2O2.